The average Bonchev–Trinajstić information content (AvgIpc) is 2.68. The molecular weight excluding hydrogens is 404 g/mol. The molecule has 1 aromatic rings. The van der Waals surface area contributed by atoms with Gasteiger partial charge in [0.05, 0.1) is 17.5 Å². The lowest BCUT2D eigenvalue weighted by atomic mass is 9.50. The van der Waals surface area contributed by atoms with Gasteiger partial charge in [-0.05, 0) is 44.0 Å². The van der Waals surface area contributed by atoms with E-state index in [4.69, 9.17) is 5.73 Å². The first-order valence-electron chi connectivity index (χ1n) is 10.1. The summed E-state index contributed by atoms with van der Waals surface area (Å²) in [6, 6.07) is 3.54. The number of fused-ring (bicyclic) bond motifs is 3. The van der Waals surface area contributed by atoms with Gasteiger partial charge >= 0.3 is 0 Å². The number of aromatic hydroxyl groups is 1. The summed E-state index contributed by atoms with van der Waals surface area (Å²) in [6.07, 6.45) is 0.0424. The van der Waals surface area contributed by atoms with E-state index in [0.717, 1.165) is 0 Å². The summed E-state index contributed by atoms with van der Waals surface area (Å²) in [7, 11) is 3.10. The van der Waals surface area contributed by atoms with Crippen molar-refractivity contribution in [2.45, 2.75) is 30.9 Å². The predicted molar refractivity (Wildman–Crippen MR) is 106 cm³/mol. The Morgan fingerprint density at radius 1 is 1.16 bits per heavy atom. The van der Waals surface area contributed by atoms with Crippen LogP contribution in [-0.4, -0.2) is 69.9 Å². The number of likely N-dealkylation sites (N-methyl/N-ethyl adjacent to an activating group) is 1. The van der Waals surface area contributed by atoms with Gasteiger partial charge in [-0.2, -0.15) is 0 Å². The Morgan fingerprint density at radius 2 is 1.81 bits per heavy atom. The highest BCUT2D eigenvalue weighted by atomic mass is 16.3. The van der Waals surface area contributed by atoms with Crippen molar-refractivity contribution in [2.75, 3.05) is 14.1 Å². The molecule has 4 rings (SSSR count). The molecule has 3 aliphatic carbocycles. The van der Waals surface area contributed by atoms with Crippen LogP contribution in [0.5, 0.6) is 5.75 Å². The first kappa shape index (κ1) is 21.3. The third-order valence-corrected chi connectivity index (χ3v) is 7.32. The van der Waals surface area contributed by atoms with Crippen LogP contribution in [0, 0.1) is 23.7 Å². The number of hydrogen-bond donors (Lipinski definition) is 3. The molecule has 9 nitrogen and oxygen atoms in total. The fourth-order valence-corrected chi connectivity index (χ4v) is 5.88. The van der Waals surface area contributed by atoms with E-state index >= 15 is 0 Å². The molecule has 2 saturated carbocycles. The Kier molecular flexibility index (Phi) is 4.68. The van der Waals surface area contributed by atoms with Gasteiger partial charge < -0.3 is 15.9 Å². The summed E-state index contributed by atoms with van der Waals surface area (Å²) in [4.78, 5) is 66.3. The summed E-state index contributed by atoms with van der Waals surface area (Å²) < 4.78 is 0. The molecule has 4 N–H and O–H groups in total. The Morgan fingerprint density at radius 3 is 2.39 bits per heavy atom. The highest BCUT2D eigenvalue weighted by Crippen LogP contribution is 2.54. The number of benzene rings is 1. The summed E-state index contributed by atoms with van der Waals surface area (Å²) in [5, 5.41) is 21.7. The van der Waals surface area contributed by atoms with Crippen LogP contribution in [0.3, 0.4) is 0 Å². The number of hydrogen-bond acceptors (Lipinski definition) is 8. The van der Waals surface area contributed by atoms with Gasteiger partial charge in [-0.25, -0.2) is 0 Å². The fourth-order valence-electron chi connectivity index (χ4n) is 5.88. The zero-order valence-electron chi connectivity index (χ0n) is 17.4. The van der Waals surface area contributed by atoms with E-state index in [0.29, 0.717) is 5.56 Å². The fraction of sp³-hybridized carbons (Fsp3) is 0.500. The third-order valence-electron chi connectivity index (χ3n) is 7.32. The van der Waals surface area contributed by atoms with Crippen LogP contribution in [0.2, 0.25) is 0 Å². The first-order valence-corrected chi connectivity index (χ1v) is 10.1. The number of carbonyl (C=O) groups excluding carboxylic acids is 5. The SMILES string of the molecule is CC1c2cccc(O)c2C(=O)C2C(=O)[C@]3(O)C(=O)C(C(N)=O)C(=O)[C@@H](N(C)C)[C@@H]3CC21. The molecule has 9 heteroatoms. The molecule has 164 valence electrons. The number of nitrogens with zero attached hydrogens (tertiary/aromatic N) is 1. The predicted octanol–water partition coefficient (Wildman–Crippen LogP) is -0.572. The van der Waals surface area contributed by atoms with E-state index in [2.05, 4.69) is 0 Å². The number of carbonyl (C=O) groups is 5. The van der Waals surface area contributed by atoms with E-state index in [-0.39, 0.29) is 23.7 Å². The van der Waals surface area contributed by atoms with Gasteiger partial charge in [0.15, 0.2) is 34.7 Å². The van der Waals surface area contributed by atoms with E-state index in [9.17, 15) is 34.2 Å². The van der Waals surface area contributed by atoms with Gasteiger partial charge in [-0.3, -0.25) is 28.9 Å². The summed E-state index contributed by atoms with van der Waals surface area (Å²) in [5.41, 5.74) is 3.17. The van der Waals surface area contributed by atoms with Crippen LogP contribution >= 0.6 is 0 Å². The van der Waals surface area contributed by atoms with Crippen LogP contribution in [0.4, 0.5) is 0 Å². The van der Waals surface area contributed by atoms with Crippen molar-refractivity contribution in [3.05, 3.63) is 29.3 Å². The second kappa shape index (κ2) is 6.80. The Bertz CT molecular complexity index is 1050. The normalized spacial score (nSPS) is 37.3. The molecule has 0 saturated heterocycles. The molecular formula is C22H24N2O7. The van der Waals surface area contributed by atoms with Gasteiger partial charge in [-0.1, -0.05) is 19.1 Å². The topological polar surface area (TPSA) is 155 Å². The van der Waals surface area contributed by atoms with Gasteiger partial charge in [0, 0.05) is 5.92 Å². The zero-order valence-corrected chi connectivity index (χ0v) is 17.4. The quantitative estimate of drug-likeness (QED) is 0.529. The molecule has 2 fully saturated rings. The first-order chi connectivity index (χ1) is 14.4. The van der Waals surface area contributed by atoms with Gasteiger partial charge in [-0.15, -0.1) is 0 Å². The summed E-state index contributed by atoms with van der Waals surface area (Å²) in [6.45, 7) is 1.81. The largest absolute Gasteiger partial charge is 0.507 e. The minimum absolute atomic E-state index is 0.00148. The van der Waals surface area contributed by atoms with E-state index in [1.165, 1.54) is 11.0 Å². The van der Waals surface area contributed by atoms with Crippen molar-refractivity contribution in [2.24, 2.45) is 29.4 Å². The lowest BCUT2D eigenvalue weighted by molar-refractivity contribution is -0.181. The molecule has 0 heterocycles. The molecule has 7 atom stereocenters. The molecule has 31 heavy (non-hydrogen) atoms. The molecule has 3 aliphatic rings. The second-order valence-corrected chi connectivity index (χ2v) is 9.02. The maximum atomic E-state index is 13.6. The molecule has 0 bridgehead atoms. The minimum Gasteiger partial charge on any atom is -0.507 e. The van der Waals surface area contributed by atoms with Crippen molar-refractivity contribution in [3.63, 3.8) is 0 Å². The standard InChI is InChI=1S/C22H24N2O7/c1-8-9-5-4-6-12(25)13(9)17(26)14-10(8)7-11-16(24(2)3)18(27)15(21(23)30)20(29)22(11,31)19(14)28/h4-6,8,10-11,14-16,25,31H,7H2,1-3H3,(H2,23,30)/t8?,10?,11-,14?,15?,16-,22-/m0/s1. The van der Waals surface area contributed by atoms with Crippen molar-refractivity contribution in [3.8, 4) is 5.75 Å². The van der Waals surface area contributed by atoms with Crippen LogP contribution in [0.1, 0.15) is 35.2 Å². The van der Waals surface area contributed by atoms with E-state index in [1.807, 2.05) is 6.92 Å². The number of aliphatic hydroxyl groups is 1. The van der Waals surface area contributed by atoms with Crippen LogP contribution < -0.4 is 5.73 Å². The lowest BCUT2D eigenvalue weighted by Crippen LogP contribution is -2.74. The molecule has 1 aromatic carbocycles. The Balaban J connectivity index is 1.91. The number of rotatable bonds is 2. The van der Waals surface area contributed by atoms with Crippen LogP contribution in [0.15, 0.2) is 18.2 Å². The second-order valence-electron chi connectivity index (χ2n) is 9.02. The van der Waals surface area contributed by atoms with Crippen LogP contribution in [0.25, 0.3) is 0 Å². The molecule has 0 radical (unpaired) electrons. The maximum absolute atomic E-state index is 13.6. The van der Waals surface area contributed by atoms with E-state index < -0.39 is 64.4 Å². The highest BCUT2D eigenvalue weighted by molar-refractivity contribution is 6.32. The zero-order chi connectivity index (χ0) is 23.0. The molecule has 0 spiro atoms. The monoisotopic (exact) mass is 428 g/mol. The van der Waals surface area contributed by atoms with Crippen molar-refractivity contribution in [1.29, 1.82) is 0 Å². The smallest absolute Gasteiger partial charge is 0.235 e. The molecule has 0 aliphatic heterocycles. The van der Waals surface area contributed by atoms with E-state index in [1.54, 1.807) is 26.2 Å². The van der Waals surface area contributed by atoms with Crippen molar-refractivity contribution >= 4 is 29.0 Å². The summed E-state index contributed by atoms with van der Waals surface area (Å²) >= 11 is 0. The number of nitrogens with two attached hydrogens (primary N) is 1. The van der Waals surface area contributed by atoms with Gasteiger partial charge in [0.2, 0.25) is 5.91 Å². The summed E-state index contributed by atoms with van der Waals surface area (Å²) in [5.74, 6) is -10.6. The molecule has 1 amide bonds. The average molecular weight is 428 g/mol. The molecule has 0 aromatic heterocycles. The Labute approximate surface area is 178 Å². The number of phenolic OH excluding ortho intramolecular Hbond substituents is 1. The Hall–Kier alpha value is -2.91. The van der Waals surface area contributed by atoms with Crippen molar-refractivity contribution < 1.29 is 34.2 Å². The third kappa shape index (κ3) is 2.59. The lowest BCUT2D eigenvalue weighted by Gasteiger charge is -2.53. The van der Waals surface area contributed by atoms with Gasteiger partial charge in [0.25, 0.3) is 0 Å². The minimum atomic E-state index is -2.69. The van der Waals surface area contributed by atoms with Crippen molar-refractivity contribution in [1.82, 2.24) is 4.90 Å². The number of Topliss-reactive ketones (excluding diaryl/α,β-unsaturated/α-hetero) is 4. The molecule has 4 unspecified atom stereocenters. The number of primary amides is 1. The highest BCUT2D eigenvalue weighted by Gasteiger charge is 2.69. The van der Waals surface area contributed by atoms with Crippen LogP contribution in [-0.2, 0) is 19.2 Å². The van der Waals surface area contributed by atoms with Gasteiger partial charge in [0.1, 0.15) is 5.75 Å². The maximum Gasteiger partial charge on any atom is 0.235 e. The number of amides is 1. The number of ketones is 4. The number of phenols is 1.